The highest BCUT2D eigenvalue weighted by molar-refractivity contribution is 6.03. The quantitative estimate of drug-likeness (QED) is 0.220. The zero-order valence-electron chi connectivity index (χ0n) is 18.5. The second kappa shape index (κ2) is 13.9. The number of nitrogens with one attached hydrogen (secondary N) is 4. The molecule has 1 aliphatic rings. The van der Waals surface area contributed by atoms with Gasteiger partial charge in [0.15, 0.2) is 0 Å². The summed E-state index contributed by atoms with van der Waals surface area (Å²) in [5.41, 5.74) is 0. The zero-order chi connectivity index (χ0) is 24.1. The Bertz CT molecular complexity index is 753. The maximum Gasteiger partial charge on any atom is 0.239 e. The summed E-state index contributed by atoms with van der Waals surface area (Å²) in [4.78, 5) is 82.4. The van der Waals surface area contributed by atoms with Crippen LogP contribution in [0.3, 0.4) is 0 Å². The summed E-state index contributed by atoms with van der Waals surface area (Å²) in [5, 5.41) is 9.51. The molecule has 1 aliphatic heterocycles. The molecule has 0 aliphatic carbocycles. The van der Waals surface area contributed by atoms with Crippen molar-refractivity contribution >= 4 is 41.2 Å². The molecule has 12 nitrogen and oxygen atoms in total. The predicted octanol–water partition coefficient (Wildman–Crippen LogP) is -2.00. The smallest absolute Gasteiger partial charge is 0.239 e. The van der Waals surface area contributed by atoms with Crippen LogP contribution in [-0.4, -0.2) is 78.9 Å². The van der Waals surface area contributed by atoms with Crippen molar-refractivity contribution in [2.24, 2.45) is 5.92 Å². The fourth-order valence-electron chi connectivity index (χ4n) is 2.81. The molecule has 178 valence electrons. The number of hydrogen-bond donors (Lipinski definition) is 4. The van der Waals surface area contributed by atoms with Crippen LogP contribution in [0.2, 0.25) is 0 Å². The molecule has 0 radical (unpaired) electrons. The molecule has 0 aromatic rings. The fourth-order valence-corrected chi connectivity index (χ4v) is 2.81. The van der Waals surface area contributed by atoms with Gasteiger partial charge in [-0.25, -0.2) is 0 Å². The molecule has 1 unspecified atom stereocenters. The van der Waals surface area contributed by atoms with E-state index in [0.29, 0.717) is 6.42 Å². The molecule has 4 N–H and O–H groups in total. The minimum absolute atomic E-state index is 0.0237. The molecule has 1 rings (SSSR count). The maximum atomic E-state index is 11.8. The van der Waals surface area contributed by atoms with Crippen molar-refractivity contribution in [2.75, 3.05) is 32.7 Å². The molecular weight excluding hydrogens is 422 g/mol. The van der Waals surface area contributed by atoms with E-state index in [-0.39, 0.29) is 81.9 Å². The first-order chi connectivity index (χ1) is 15.1. The van der Waals surface area contributed by atoms with Crippen molar-refractivity contribution < 1.29 is 33.6 Å². The van der Waals surface area contributed by atoms with Gasteiger partial charge in [0, 0.05) is 44.7 Å². The van der Waals surface area contributed by atoms with Crippen LogP contribution in [0.5, 0.6) is 0 Å². The summed E-state index contributed by atoms with van der Waals surface area (Å²) in [6.07, 6.45) is 1.13. The van der Waals surface area contributed by atoms with Crippen LogP contribution >= 0.6 is 0 Å². The number of imide groups is 1. The van der Waals surface area contributed by atoms with Crippen LogP contribution in [0.4, 0.5) is 0 Å². The van der Waals surface area contributed by atoms with E-state index in [0.717, 1.165) is 4.90 Å². The number of nitrogens with zero attached hydrogens (tertiary/aromatic N) is 1. The molecule has 1 fully saturated rings. The van der Waals surface area contributed by atoms with Gasteiger partial charge in [0.1, 0.15) is 5.78 Å². The molecule has 6 amide bonds. The van der Waals surface area contributed by atoms with E-state index in [1.807, 2.05) is 0 Å². The molecule has 0 saturated carbocycles. The van der Waals surface area contributed by atoms with E-state index in [4.69, 9.17) is 0 Å². The Morgan fingerprint density at radius 3 is 1.88 bits per heavy atom. The third kappa shape index (κ3) is 10.1. The van der Waals surface area contributed by atoms with Gasteiger partial charge in [0.25, 0.3) is 0 Å². The lowest BCUT2D eigenvalue weighted by atomic mass is 10.1. The minimum Gasteiger partial charge on any atom is -0.354 e. The normalized spacial score (nSPS) is 15.3. The van der Waals surface area contributed by atoms with Gasteiger partial charge in [-0.15, -0.1) is 0 Å². The number of carbonyl (C=O) groups excluding carboxylic acids is 7. The molecule has 0 aromatic carbocycles. The average molecular weight is 453 g/mol. The van der Waals surface area contributed by atoms with Crippen LogP contribution in [-0.2, 0) is 33.6 Å². The van der Waals surface area contributed by atoms with Crippen molar-refractivity contribution in [2.45, 2.75) is 46.0 Å². The molecule has 1 saturated heterocycles. The van der Waals surface area contributed by atoms with Gasteiger partial charge in [-0.2, -0.15) is 0 Å². The third-order valence-corrected chi connectivity index (χ3v) is 4.71. The Kier molecular flexibility index (Phi) is 11.6. The first-order valence-corrected chi connectivity index (χ1v) is 10.6. The van der Waals surface area contributed by atoms with E-state index in [9.17, 15) is 33.6 Å². The number of Topliss-reactive ketones (excluding diaryl/α,β-unsaturated/α-hetero) is 1. The first-order valence-electron chi connectivity index (χ1n) is 10.6. The number of rotatable bonds is 14. The lowest BCUT2D eigenvalue weighted by Gasteiger charge is -2.13. The van der Waals surface area contributed by atoms with Crippen LogP contribution in [0.25, 0.3) is 0 Å². The second-order valence-corrected chi connectivity index (χ2v) is 7.41. The number of amides is 6. The Balaban J connectivity index is 2.10. The van der Waals surface area contributed by atoms with E-state index < -0.39 is 23.6 Å². The molecule has 0 spiro atoms. The molecule has 1 heterocycles. The maximum absolute atomic E-state index is 11.8. The van der Waals surface area contributed by atoms with Gasteiger partial charge < -0.3 is 21.3 Å². The predicted molar refractivity (Wildman–Crippen MR) is 112 cm³/mol. The Labute approximate surface area is 186 Å². The Hall–Kier alpha value is -3.31. The Morgan fingerprint density at radius 1 is 0.844 bits per heavy atom. The zero-order valence-corrected chi connectivity index (χ0v) is 18.5. The Morgan fingerprint density at radius 2 is 1.38 bits per heavy atom. The van der Waals surface area contributed by atoms with Crippen LogP contribution in [0, 0.1) is 5.92 Å². The van der Waals surface area contributed by atoms with Crippen LogP contribution < -0.4 is 21.3 Å². The highest BCUT2D eigenvalue weighted by atomic mass is 16.2. The van der Waals surface area contributed by atoms with Gasteiger partial charge in [-0.1, -0.05) is 13.8 Å². The van der Waals surface area contributed by atoms with Crippen molar-refractivity contribution in [1.82, 2.24) is 26.2 Å². The van der Waals surface area contributed by atoms with Gasteiger partial charge in [-0.3, -0.25) is 38.5 Å². The van der Waals surface area contributed by atoms with Gasteiger partial charge in [-0.05, 0) is 6.42 Å². The first kappa shape index (κ1) is 26.7. The largest absolute Gasteiger partial charge is 0.354 e. The number of ketones is 1. The summed E-state index contributed by atoms with van der Waals surface area (Å²) in [6.45, 7) is 2.77. The molecule has 32 heavy (non-hydrogen) atoms. The van der Waals surface area contributed by atoms with Crippen molar-refractivity contribution in [3.8, 4) is 0 Å². The molecule has 0 bridgehead atoms. The highest BCUT2D eigenvalue weighted by Gasteiger charge is 2.34. The van der Waals surface area contributed by atoms with Crippen LogP contribution in [0.15, 0.2) is 0 Å². The SMILES string of the molecule is CCC(=O)CCNC(=O)CNC(=O)CNC(=O)CNC(=O)CCCN1C(=O)CC(C)C1=O. The lowest BCUT2D eigenvalue weighted by molar-refractivity contribution is -0.139. The number of hydrogen-bond acceptors (Lipinski definition) is 7. The summed E-state index contributed by atoms with van der Waals surface area (Å²) in [6, 6.07) is 0. The third-order valence-electron chi connectivity index (χ3n) is 4.71. The minimum atomic E-state index is -0.588. The van der Waals surface area contributed by atoms with Crippen molar-refractivity contribution in [3.63, 3.8) is 0 Å². The fraction of sp³-hybridized carbons (Fsp3) is 0.650. The van der Waals surface area contributed by atoms with Gasteiger partial charge >= 0.3 is 0 Å². The summed E-state index contributed by atoms with van der Waals surface area (Å²) in [5.74, 6) is -2.84. The highest BCUT2D eigenvalue weighted by Crippen LogP contribution is 2.18. The van der Waals surface area contributed by atoms with Gasteiger partial charge in [0.05, 0.1) is 19.6 Å². The van der Waals surface area contributed by atoms with E-state index in [1.165, 1.54) is 0 Å². The molecule has 0 aromatic heterocycles. The number of likely N-dealkylation sites (tertiary alicyclic amines) is 1. The van der Waals surface area contributed by atoms with Gasteiger partial charge in [0.2, 0.25) is 35.4 Å². The van der Waals surface area contributed by atoms with E-state index in [1.54, 1.807) is 13.8 Å². The molecular formula is C20H31N5O7. The van der Waals surface area contributed by atoms with Crippen LogP contribution in [0.1, 0.15) is 46.0 Å². The lowest BCUT2D eigenvalue weighted by Crippen LogP contribution is -2.44. The number of carbonyl (C=O) groups is 7. The summed E-state index contributed by atoms with van der Waals surface area (Å²) >= 11 is 0. The average Bonchev–Trinajstić information content (AvgIpc) is 3.00. The van der Waals surface area contributed by atoms with E-state index in [2.05, 4.69) is 21.3 Å². The monoisotopic (exact) mass is 453 g/mol. The second-order valence-electron chi connectivity index (χ2n) is 7.41. The summed E-state index contributed by atoms with van der Waals surface area (Å²) < 4.78 is 0. The molecule has 12 heteroatoms. The van der Waals surface area contributed by atoms with Crippen molar-refractivity contribution in [3.05, 3.63) is 0 Å². The summed E-state index contributed by atoms with van der Waals surface area (Å²) in [7, 11) is 0. The van der Waals surface area contributed by atoms with E-state index >= 15 is 0 Å². The standard InChI is InChI=1S/C20H31N5O7/c1-3-14(26)6-7-21-16(28)10-23-18(30)12-24-17(29)11-22-15(27)5-4-8-25-19(31)9-13(2)20(25)32/h13H,3-12H2,1-2H3,(H,21,28)(H,22,27)(H,23,30)(H,24,29). The molecule has 1 atom stereocenters. The van der Waals surface area contributed by atoms with Crippen molar-refractivity contribution in [1.29, 1.82) is 0 Å². The topological polar surface area (TPSA) is 171 Å².